The van der Waals surface area contributed by atoms with Crippen molar-refractivity contribution >= 4 is 12.0 Å². The van der Waals surface area contributed by atoms with E-state index in [-0.39, 0.29) is 0 Å². The summed E-state index contributed by atoms with van der Waals surface area (Å²) in [4.78, 5) is 6.43. The molecule has 0 unspecified atom stereocenters. The first kappa shape index (κ1) is 16.5. The molecule has 0 radical (unpaired) electrons. The van der Waals surface area contributed by atoms with E-state index in [9.17, 15) is 0 Å². The highest BCUT2D eigenvalue weighted by molar-refractivity contribution is 7.94. The second kappa shape index (κ2) is 10.3. The van der Waals surface area contributed by atoms with Crippen molar-refractivity contribution in [2.75, 3.05) is 13.1 Å². The molecule has 1 rings (SSSR count). The number of rotatable bonds is 10. The van der Waals surface area contributed by atoms with E-state index < -0.39 is 0 Å². The number of benzene rings is 1. The maximum absolute atomic E-state index is 5.38. The van der Waals surface area contributed by atoms with Crippen LogP contribution >= 0.6 is 12.0 Å². The number of hydroxylamine groups is 2. The van der Waals surface area contributed by atoms with E-state index in [1.807, 2.05) is 17.2 Å². The summed E-state index contributed by atoms with van der Waals surface area (Å²) in [6.07, 6.45) is 4.58. The van der Waals surface area contributed by atoms with Gasteiger partial charge in [0, 0.05) is 18.0 Å². The van der Waals surface area contributed by atoms with Gasteiger partial charge in [0.2, 0.25) is 0 Å². The van der Waals surface area contributed by atoms with Crippen LogP contribution in [0, 0.1) is 6.92 Å². The molecule has 0 aliphatic heterocycles. The highest BCUT2D eigenvalue weighted by Crippen LogP contribution is 2.20. The molecule has 1 aromatic rings. The molecule has 0 spiro atoms. The van der Waals surface area contributed by atoms with Gasteiger partial charge in [0.25, 0.3) is 0 Å². The third kappa shape index (κ3) is 7.57. The first-order valence-electron chi connectivity index (χ1n) is 7.09. The lowest BCUT2D eigenvalue weighted by Crippen LogP contribution is -2.25. The fourth-order valence-electron chi connectivity index (χ4n) is 1.55. The van der Waals surface area contributed by atoms with E-state index in [2.05, 4.69) is 32.9 Å². The minimum absolute atomic E-state index is 0.922. The summed E-state index contributed by atoms with van der Waals surface area (Å²) in [5.74, 6) is 0. The normalized spacial score (nSPS) is 11.2. The van der Waals surface area contributed by atoms with Crippen LogP contribution in [0.4, 0.5) is 0 Å². The number of hydrogen-bond acceptors (Lipinski definition) is 4. The van der Waals surface area contributed by atoms with Crippen LogP contribution in [0.1, 0.15) is 45.1 Å². The Hall–Kier alpha value is -0.550. The molecule has 4 heteroatoms. The van der Waals surface area contributed by atoms with Crippen LogP contribution in [-0.4, -0.2) is 18.2 Å². The van der Waals surface area contributed by atoms with Gasteiger partial charge in [0.1, 0.15) is 0 Å². The van der Waals surface area contributed by atoms with Crippen molar-refractivity contribution in [2.45, 2.75) is 51.3 Å². The molecule has 0 N–H and O–H groups in total. The first-order chi connectivity index (χ1) is 9.26. The Morgan fingerprint density at radius 2 is 1.58 bits per heavy atom. The van der Waals surface area contributed by atoms with Gasteiger partial charge in [-0.1, -0.05) is 44.4 Å². The smallest absolute Gasteiger partial charge is 0.0702 e. The summed E-state index contributed by atoms with van der Waals surface area (Å²) in [5.41, 5.74) is 1.25. The lowest BCUT2D eigenvalue weighted by atomic mass is 10.2. The van der Waals surface area contributed by atoms with E-state index in [4.69, 9.17) is 9.32 Å². The summed E-state index contributed by atoms with van der Waals surface area (Å²) in [7, 11) is 0. The summed E-state index contributed by atoms with van der Waals surface area (Å²) in [6, 6.07) is 8.20. The van der Waals surface area contributed by atoms with Crippen LogP contribution in [0.15, 0.2) is 29.2 Å². The molecule has 0 aromatic heterocycles. The van der Waals surface area contributed by atoms with Crippen molar-refractivity contribution in [3.05, 3.63) is 29.8 Å². The third-order valence-electron chi connectivity index (χ3n) is 2.81. The molecule has 0 aliphatic carbocycles. The van der Waals surface area contributed by atoms with Crippen molar-refractivity contribution in [1.29, 1.82) is 0 Å². The Morgan fingerprint density at radius 3 is 2.11 bits per heavy atom. The minimum Gasteiger partial charge on any atom is -0.156 e. The SMILES string of the molecule is CCCCN(CCCC)OOSc1ccc(C)cc1. The lowest BCUT2D eigenvalue weighted by molar-refractivity contribution is -0.360. The van der Waals surface area contributed by atoms with Crippen molar-refractivity contribution in [2.24, 2.45) is 0 Å². The molecule has 0 heterocycles. The van der Waals surface area contributed by atoms with Gasteiger partial charge in [-0.15, -0.1) is 9.32 Å². The molecule has 0 saturated carbocycles. The highest BCUT2D eigenvalue weighted by atomic mass is 32.2. The zero-order chi connectivity index (χ0) is 13.9. The second-order valence-corrected chi connectivity index (χ2v) is 5.45. The van der Waals surface area contributed by atoms with E-state index in [1.54, 1.807) is 0 Å². The van der Waals surface area contributed by atoms with Gasteiger partial charge < -0.3 is 0 Å². The van der Waals surface area contributed by atoms with Crippen molar-refractivity contribution in [3.63, 3.8) is 0 Å². The van der Waals surface area contributed by atoms with Crippen LogP contribution in [0.5, 0.6) is 0 Å². The Balaban J connectivity index is 2.27. The fraction of sp³-hybridized carbons (Fsp3) is 0.600. The molecule has 108 valence electrons. The van der Waals surface area contributed by atoms with E-state index in [0.717, 1.165) is 43.7 Å². The molecule has 0 fully saturated rings. The molecule has 3 nitrogen and oxygen atoms in total. The average molecular weight is 283 g/mol. The van der Waals surface area contributed by atoms with Crippen molar-refractivity contribution in [1.82, 2.24) is 5.06 Å². The van der Waals surface area contributed by atoms with Crippen LogP contribution in [0.25, 0.3) is 0 Å². The van der Waals surface area contributed by atoms with Crippen molar-refractivity contribution in [3.8, 4) is 0 Å². The lowest BCUT2D eigenvalue weighted by Gasteiger charge is -2.18. The van der Waals surface area contributed by atoms with Crippen LogP contribution in [-0.2, 0) is 9.32 Å². The molecular formula is C15H25NO2S. The standard InChI is InChI=1S/C15H25NO2S/c1-4-6-12-16(13-7-5-2)17-18-19-15-10-8-14(3)9-11-15/h8-11H,4-7,12-13H2,1-3H3. The van der Waals surface area contributed by atoms with Gasteiger partial charge in [-0.2, -0.15) is 5.06 Å². The molecule has 0 aliphatic rings. The molecule has 0 amide bonds. The largest absolute Gasteiger partial charge is 0.156 e. The van der Waals surface area contributed by atoms with Crippen LogP contribution < -0.4 is 0 Å². The number of hydrogen-bond donors (Lipinski definition) is 0. The van der Waals surface area contributed by atoms with E-state index in [0.29, 0.717) is 0 Å². The Morgan fingerprint density at radius 1 is 1.00 bits per heavy atom. The summed E-state index contributed by atoms with van der Waals surface area (Å²) < 4.78 is 5.26. The minimum atomic E-state index is 0.922. The predicted octanol–water partition coefficient (Wildman–Crippen LogP) is 4.77. The molecule has 19 heavy (non-hydrogen) atoms. The van der Waals surface area contributed by atoms with Crippen LogP contribution in [0.2, 0.25) is 0 Å². The van der Waals surface area contributed by atoms with Gasteiger partial charge in [-0.25, -0.2) is 0 Å². The number of nitrogens with zero attached hydrogens (tertiary/aromatic N) is 1. The first-order valence-corrected chi connectivity index (χ1v) is 7.83. The summed E-state index contributed by atoms with van der Waals surface area (Å²) in [5, 5.41) is 1.91. The Kier molecular flexibility index (Phi) is 8.91. The van der Waals surface area contributed by atoms with Gasteiger partial charge in [0.05, 0.1) is 12.0 Å². The topological polar surface area (TPSA) is 21.7 Å². The zero-order valence-electron chi connectivity index (χ0n) is 12.2. The molecular weight excluding hydrogens is 258 g/mol. The van der Waals surface area contributed by atoms with Gasteiger partial charge in [-0.05, 0) is 31.9 Å². The third-order valence-corrected chi connectivity index (χ3v) is 3.40. The van der Waals surface area contributed by atoms with E-state index >= 15 is 0 Å². The molecule has 0 saturated heterocycles. The predicted molar refractivity (Wildman–Crippen MR) is 80.6 cm³/mol. The monoisotopic (exact) mass is 283 g/mol. The molecule has 1 aromatic carbocycles. The average Bonchev–Trinajstić information content (AvgIpc) is 2.43. The summed E-state index contributed by atoms with van der Waals surface area (Å²) >= 11 is 1.26. The number of unbranched alkanes of at least 4 members (excludes halogenated alkanes) is 2. The second-order valence-electron chi connectivity index (χ2n) is 4.68. The maximum atomic E-state index is 5.38. The zero-order valence-corrected chi connectivity index (χ0v) is 13.0. The Bertz CT molecular complexity index is 321. The molecule has 0 bridgehead atoms. The Labute approximate surface area is 121 Å². The van der Waals surface area contributed by atoms with Crippen molar-refractivity contribution < 1.29 is 9.32 Å². The van der Waals surface area contributed by atoms with Gasteiger partial charge >= 0.3 is 0 Å². The number of aryl methyl sites for hydroxylation is 1. The maximum Gasteiger partial charge on any atom is 0.0702 e. The summed E-state index contributed by atoms with van der Waals surface area (Å²) in [6.45, 7) is 8.28. The highest BCUT2D eigenvalue weighted by Gasteiger charge is 2.06. The van der Waals surface area contributed by atoms with E-state index in [1.165, 1.54) is 17.6 Å². The quantitative estimate of drug-likeness (QED) is 0.350. The fourth-order valence-corrected chi connectivity index (χ4v) is 1.99. The molecule has 0 atom stereocenters. The van der Waals surface area contributed by atoms with Gasteiger partial charge in [-0.3, -0.25) is 0 Å². The van der Waals surface area contributed by atoms with Crippen LogP contribution in [0.3, 0.4) is 0 Å². The van der Waals surface area contributed by atoms with Gasteiger partial charge in [0.15, 0.2) is 0 Å².